The first-order valence-electron chi connectivity index (χ1n) is 8.96. The van der Waals surface area contributed by atoms with Gasteiger partial charge in [0.05, 0.1) is 23.4 Å². The van der Waals surface area contributed by atoms with Crippen molar-refractivity contribution in [2.45, 2.75) is 13.8 Å². The molecule has 28 heavy (non-hydrogen) atoms. The second kappa shape index (κ2) is 8.75. The lowest BCUT2D eigenvalue weighted by molar-refractivity contribution is -0.114. The zero-order valence-electron chi connectivity index (χ0n) is 15.9. The van der Waals surface area contributed by atoms with Crippen molar-refractivity contribution in [3.63, 3.8) is 0 Å². The number of halogens is 1. The van der Waals surface area contributed by atoms with Crippen molar-refractivity contribution >= 4 is 50.9 Å². The Hall–Kier alpha value is -2.38. The van der Waals surface area contributed by atoms with Crippen LogP contribution < -0.4 is 14.4 Å². The highest BCUT2D eigenvalue weighted by Gasteiger charge is 2.36. The molecule has 0 spiro atoms. The lowest BCUT2D eigenvalue weighted by atomic mass is 10.1. The number of carbonyl (C=O) groups excluding carboxylic acids is 1. The van der Waals surface area contributed by atoms with Crippen molar-refractivity contribution in [1.29, 1.82) is 0 Å². The van der Waals surface area contributed by atoms with Gasteiger partial charge in [-0.3, -0.25) is 9.69 Å². The Labute approximate surface area is 178 Å². The number of para-hydroxylation sites is 1. The van der Waals surface area contributed by atoms with E-state index in [2.05, 4.69) is 15.9 Å². The van der Waals surface area contributed by atoms with Crippen molar-refractivity contribution in [3.8, 4) is 11.5 Å². The molecule has 146 valence electrons. The predicted octanol–water partition coefficient (Wildman–Crippen LogP) is 4.85. The highest BCUT2D eigenvalue weighted by Crippen LogP contribution is 2.38. The Kier molecular flexibility index (Phi) is 6.36. The van der Waals surface area contributed by atoms with Crippen LogP contribution in [0.25, 0.3) is 6.08 Å². The molecule has 0 radical (unpaired) electrons. The zero-order chi connectivity index (χ0) is 20.3. The minimum Gasteiger partial charge on any atom is -0.490 e. The summed E-state index contributed by atoms with van der Waals surface area (Å²) in [6.45, 7) is 4.88. The summed E-state index contributed by atoms with van der Waals surface area (Å²) < 4.78 is 12.2. The second-order valence-electron chi connectivity index (χ2n) is 6.04. The molecular weight excluding hydrogens is 440 g/mol. The number of rotatable bonds is 6. The number of thiocarbonyl (C=S) groups is 1. The third-order valence-electron chi connectivity index (χ3n) is 4.20. The van der Waals surface area contributed by atoms with Gasteiger partial charge < -0.3 is 14.4 Å². The van der Waals surface area contributed by atoms with Crippen molar-refractivity contribution in [2.75, 3.05) is 25.2 Å². The first-order valence-corrected chi connectivity index (χ1v) is 10.2. The summed E-state index contributed by atoms with van der Waals surface area (Å²) in [5.74, 6) is 1.11. The molecule has 1 aliphatic rings. The fourth-order valence-corrected chi connectivity index (χ4v) is 3.80. The molecule has 7 heteroatoms. The summed E-state index contributed by atoms with van der Waals surface area (Å²) in [6, 6.07) is 13.1. The van der Waals surface area contributed by atoms with Crippen molar-refractivity contribution in [3.05, 3.63) is 58.2 Å². The molecule has 0 N–H and O–H groups in total. The molecule has 0 unspecified atom stereocenters. The van der Waals surface area contributed by atoms with Gasteiger partial charge in [-0.25, -0.2) is 0 Å². The Morgan fingerprint density at radius 2 is 1.79 bits per heavy atom. The number of likely N-dealkylation sites (N-methyl/N-ethyl adjacent to an activating group) is 1. The molecule has 0 saturated carbocycles. The molecule has 1 fully saturated rings. The minimum atomic E-state index is -0.165. The lowest BCUT2D eigenvalue weighted by Gasteiger charge is -2.16. The highest BCUT2D eigenvalue weighted by atomic mass is 79.9. The number of anilines is 1. The maximum absolute atomic E-state index is 13.1. The molecule has 5 nitrogen and oxygen atoms in total. The maximum atomic E-state index is 13.1. The summed E-state index contributed by atoms with van der Waals surface area (Å²) in [6.07, 6.45) is 1.81. The summed E-state index contributed by atoms with van der Waals surface area (Å²) in [7, 11) is 1.79. The normalized spacial score (nSPS) is 15.5. The van der Waals surface area contributed by atoms with E-state index in [0.717, 1.165) is 15.7 Å². The molecule has 0 bridgehead atoms. The number of nitrogens with zero attached hydrogens (tertiary/aromatic N) is 2. The molecular formula is C21H21BrN2O3S. The summed E-state index contributed by atoms with van der Waals surface area (Å²) in [5.41, 5.74) is 2.05. The second-order valence-corrected chi connectivity index (χ2v) is 7.26. The van der Waals surface area contributed by atoms with Crippen molar-refractivity contribution in [2.24, 2.45) is 0 Å². The topological polar surface area (TPSA) is 42.0 Å². The number of ether oxygens (including phenoxy) is 2. The number of hydrogen-bond donors (Lipinski definition) is 0. The Bertz CT molecular complexity index is 931. The molecule has 1 heterocycles. The van der Waals surface area contributed by atoms with E-state index in [9.17, 15) is 4.79 Å². The lowest BCUT2D eigenvalue weighted by Crippen LogP contribution is -2.30. The summed E-state index contributed by atoms with van der Waals surface area (Å²) >= 11 is 9.04. The van der Waals surface area contributed by atoms with E-state index in [1.807, 2.05) is 56.3 Å². The van der Waals surface area contributed by atoms with Crippen LogP contribution in [-0.4, -0.2) is 36.2 Å². The minimum absolute atomic E-state index is 0.165. The monoisotopic (exact) mass is 460 g/mol. The van der Waals surface area contributed by atoms with Crippen LogP contribution >= 0.6 is 28.1 Å². The smallest absolute Gasteiger partial charge is 0.281 e. The quantitative estimate of drug-likeness (QED) is 0.455. The van der Waals surface area contributed by atoms with Gasteiger partial charge in [-0.1, -0.05) is 18.2 Å². The van der Waals surface area contributed by atoms with Crippen LogP contribution in [0.15, 0.2) is 52.6 Å². The maximum Gasteiger partial charge on any atom is 0.281 e. The van der Waals surface area contributed by atoms with E-state index < -0.39 is 0 Å². The first kappa shape index (κ1) is 20.4. The van der Waals surface area contributed by atoms with Crippen LogP contribution in [-0.2, 0) is 4.79 Å². The van der Waals surface area contributed by atoms with Gasteiger partial charge in [0, 0.05) is 7.05 Å². The van der Waals surface area contributed by atoms with Crippen LogP contribution in [0.4, 0.5) is 5.69 Å². The number of carbonyl (C=O) groups is 1. The Balaban J connectivity index is 2.01. The van der Waals surface area contributed by atoms with E-state index in [0.29, 0.717) is 35.5 Å². The van der Waals surface area contributed by atoms with E-state index in [4.69, 9.17) is 21.7 Å². The molecule has 1 saturated heterocycles. The average molecular weight is 461 g/mol. The molecule has 0 aromatic heterocycles. The van der Waals surface area contributed by atoms with E-state index in [1.54, 1.807) is 18.0 Å². The number of amides is 1. The predicted molar refractivity (Wildman–Crippen MR) is 119 cm³/mol. The molecule has 0 aliphatic carbocycles. The van der Waals surface area contributed by atoms with Gasteiger partial charge in [0.1, 0.15) is 5.70 Å². The highest BCUT2D eigenvalue weighted by molar-refractivity contribution is 9.10. The Morgan fingerprint density at radius 1 is 1.11 bits per heavy atom. The fraction of sp³-hybridized carbons (Fsp3) is 0.238. The van der Waals surface area contributed by atoms with Crippen molar-refractivity contribution < 1.29 is 14.3 Å². The molecule has 3 rings (SSSR count). The SMILES string of the molecule is CCOc1cc(/C=C2/C(=O)N(c3ccccc3)C(=S)N2C)cc(Br)c1OCC. The van der Waals surface area contributed by atoms with E-state index in [-0.39, 0.29) is 5.91 Å². The van der Waals surface area contributed by atoms with Gasteiger partial charge in [0.25, 0.3) is 5.91 Å². The molecule has 1 aliphatic heterocycles. The van der Waals surface area contributed by atoms with Crippen LogP contribution in [0.1, 0.15) is 19.4 Å². The summed E-state index contributed by atoms with van der Waals surface area (Å²) in [5, 5.41) is 0.442. The van der Waals surface area contributed by atoms with Gasteiger partial charge in [-0.05, 0) is 77.9 Å². The standard InChI is InChI=1S/C21H21BrN2O3S/c1-4-26-18-13-14(11-16(22)19(18)27-5-2)12-17-20(25)24(21(28)23(17)3)15-9-7-6-8-10-15/h6-13H,4-5H2,1-3H3/b17-12-. The van der Waals surface area contributed by atoms with Gasteiger partial charge in [0.15, 0.2) is 16.6 Å². The van der Waals surface area contributed by atoms with Gasteiger partial charge in [0.2, 0.25) is 0 Å². The third-order valence-corrected chi connectivity index (χ3v) is 5.25. The fourth-order valence-electron chi connectivity index (χ4n) is 2.94. The van der Waals surface area contributed by atoms with E-state index >= 15 is 0 Å². The van der Waals surface area contributed by atoms with E-state index in [1.165, 1.54) is 4.90 Å². The molecule has 0 atom stereocenters. The van der Waals surface area contributed by atoms with Crippen molar-refractivity contribution in [1.82, 2.24) is 4.90 Å². The van der Waals surface area contributed by atoms with Crippen LogP contribution in [0, 0.1) is 0 Å². The van der Waals surface area contributed by atoms with Crippen LogP contribution in [0.3, 0.4) is 0 Å². The Morgan fingerprint density at radius 3 is 2.43 bits per heavy atom. The third kappa shape index (κ3) is 3.91. The zero-order valence-corrected chi connectivity index (χ0v) is 18.3. The van der Waals surface area contributed by atoms with Crippen LogP contribution in [0.2, 0.25) is 0 Å². The van der Waals surface area contributed by atoms with Crippen LogP contribution in [0.5, 0.6) is 11.5 Å². The van der Waals surface area contributed by atoms with Gasteiger partial charge in [-0.2, -0.15) is 0 Å². The van der Waals surface area contributed by atoms with Gasteiger partial charge >= 0.3 is 0 Å². The largest absolute Gasteiger partial charge is 0.490 e. The average Bonchev–Trinajstić information content (AvgIpc) is 2.89. The summed E-state index contributed by atoms with van der Waals surface area (Å²) in [4.78, 5) is 16.3. The molecule has 2 aromatic rings. The molecule has 2 aromatic carbocycles. The number of benzene rings is 2. The van der Waals surface area contributed by atoms with Gasteiger partial charge in [-0.15, -0.1) is 0 Å². The molecule has 1 amide bonds. The number of hydrogen-bond acceptors (Lipinski definition) is 4. The first-order chi connectivity index (χ1) is 13.5.